The Morgan fingerprint density at radius 1 is 0.938 bits per heavy atom. The minimum Gasteiger partial charge on any atom is -0.383 e. The lowest BCUT2D eigenvalue weighted by Gasteiger charge is -2.26. The zero-order valence-electron chi connectivity index (χ0n) is 18.2. The average molecular weight is 444 g/mol. The van der Waals surface area contributed by atoms with E-state index in [1.54, 1.807) is 24.3 Å². The van der Waals surface area contributed by atoms with Crippen LogP contribution < -0.4 is 16.0 Å². The van der Waals surface area contributed by atoms with Crippen molar-refractivity contribution in [1.29, 1.82) is 0 Å². The van der Waals surface area contributed by atoms with Crippen LogP contribution in [0.15, 0.2) is 48.5 Å². The summed E-state index contributed by atoms with van der Waals surface area (Å²) < 4.78 is 26.4. The van der Waals surface area contributed by atoms with Gasteiger partial charge >= 0.3 is 0 Å². The van der Waals surface area contributed by atoms with Crippen LogP contribution in [-0.2, 0) is 16.0 Å². The van der Waals surface area contributed by atoms with Crippen molar-refractivity contribution < 1.29 is 18.4 Å². The number of hydrogen-bond acceptors (Lipinski definition) is 3. The van der Waals surface area contributed by atoms with Gasteiger partial charge in [0.2, 0.25) is 11.8 Å². The summed E-state index contributed by atoms with van der Waals surface area (Å²) in [6.07, 6.45) is 6.28. The van der Waals surface area contributed by atoms with Gasteiger partial charge in [0, 0.05) is 18.8 Å². The maximum Gasteiger partial charge on any atom is 0.242 e. The number of rotatable bonds is 10. The number of amides is 2. The quantitative estimate of drug-likeness (QED) is 0.482. The topological polar surface area (TPSA) is 70.2 Å². The summed E-state index contributed by atoms with van der Waals surface area (Å²) in [4.78, 5) is 25.4. The lowest BCUT2D eigenvalue weighted by molar-refractivity contribution is -0.129. The lowest BCUT2D eigenvalue weighted by Crippen LogP contribution is -2.49. The van der Waals surface area contributed by atoms with Gasteiger partial charge in [-0.15, -0.1) is 0 Å². The normalized spacial score (nSPS) is 15.1. The molecule has 0 heterocycles. The van der Waals surface area contributed by atoms with Crippen molar-refractivity contribution >= 4 is 17.5 Å². The van der Waals surface area contributed by atoms with Gasteiger partial charge in [0.25, 0.3) is 0 Å². The molecule has 5 nitrogen and oxygen atoms in total. The Labute approximate surface area is 188 Å². The number of nitrogens with one attached hydrogen (secondary N) is 3. The summed E-state index contributed by atoms with van der Waals surface area (Å²) in [5.74, 6) is -0.796. The van der Waals surface area contributed by atoms with Crippen LogP contribution in [0.4, 0.5) is 14.5 Å². The summed E-state index contributed by atoms with van der Waals surface area (Å²) in [5, 5.41) is 8.87. The number of carbonyl (C=O) groups excluding carboxylic acids is 2. The third-order valence-corrected chi connectivity index (χ3v) is 5.80. The molecule has 0 saturated heterocycles. The van der Waals surface area contributed by atoms with Crippen LogP contribution in [0, 0.1) is 17.6 Å². The number of hydrogen-bond donors (Lipinski definition) is 3. The molecule has 0 radical (unpaired) electrons. The van der Waals surface area contributed by atoms with E-state index in [0.717, 1.165) is 31.4 Å². The van der Waals surface area contributed by atoms with Crippen molar-refractivity contribution in [1.82, 2.24) is 10.6 Å². The molecule has 7 heteroatoms. The summed E-state index contributed by atoms with van der Waals surface area (Å²) in [6.45, 7) is 0.849. The molecular weight excluding hydrogens is 412 g/mol. The zero-order chi connectivity index (χ0) is 22.8. The second kappa shape index (κ2) is 12.2. The van der Waals surface area contributed by atoms with Gasteiger partial charge in [0.15, 0.2) is 0 Å². The number of anilines is 1. The molecule has 1 aliphatic rings. The molecule has 0 aliphatic heterocycles. The summed E-state index contributed by atoms with van der Waals surface area (Å²) in [5.41, 5.74) is 1.34. The van der Waals surface area contributed by atoms with Crippen molar-refractivity contribution in [3.8, 4) is 0 Å². The average Bonchev–Trinajstić information content (AvgIpc) is 2.78. The minimum absolute atomic E-state index is 0.0261. The molecule has 1 saturated carbocycles. The highest BCUT2D eigenvalue weighted by atomic mass is 19.1. The number of carbonyl (C=O) groups is 2. The van der Waals surface area contributed by atoms with Crippen LogP contribution in [0.1, 0.15) is 44.1 Å². The fourth-order valence-corrected chi connectivity index (χ4v) is 4.15. The Morgan fingerprint density at radius 2 is 1.69 bits per heavy atom. The summed E-state index contributed by atoms with van der Waals surface area (Å²) in [6, 6.07) is 11.3. The maximum absolute atomic E-state index is 13.4. The molecule has 32 heavy (non-hydrogen) atoms. The van der Waals surface area contributed by atoms with E-state index in [9.17, 15) is 18.4 Å². The van der Waals surface area contributed by atoms with E-state index in [1.807, 2.05) is 0 Å². The monoisotopic (exact) mass is 443 g/mol. The molecule has 172 valence electrons. The van der Waals surface area contributed by atoms with Gasteiger partial charge in [-0.2, -0.15) is 0 Å². The first-order valence-corrected chi connectivity index (χ1v) is 11.3. The van der Waals surface area contributed by atoms with Crippen molar-refractivity contribution in [3.63, 3.8) is 0 Å². The molecule has 1 aliphatic carbocycles. The molecule has 2 aromatic carbocycles. The number of benzene rings is 2. The highest BCUT2D eigenvalue weighted by Crippen LogP contribution is 2.27. The van der Waals surface area contributed by atoms with Gasteiger partial charge in [-0.1, -0.05) is 44.2 Å². The van der Waals surface area contributed by atoms with Crippen molar-refractivity contribution in [2.75, 3.05) is 18.4 Å². The maximum atomic E-state index is 13.4. The van der Waals surface area contributed by atoms with Gasteiger partial charge in [-0.3, -0.25) is 9.59 Å². The molecule has 0 spiro atoms. The SMILES string of the molecule is O=C(Cc1cccc(F)c1)NC(CC1CCCCC1)C(=O)NCCNc1ccc(F)cc1. The van der Waals surface area contributed by atoms with Crippen molar-refractivity contribution in [3.05, 3.63) is 65.7 Å². The Balaban J connectivity index is 1.52. The van der Waals surface area contributed by atoms with E-state index >= 15 is 0 Å². The largest absolute Gasteiger partial charge is 0.383 e. The van der Waals surface area contributed by atoms with E-state index in [4.69, 9.17) is 0 Å². The van der Waals surface area contributed by atoms with Gasteiger partial charge in [0.05, 0.1) is 6.42 Å². The molecule has 3 N–H and O–H groups in total. The molecule has 3 rings (SSSR count). The van der Waals surface area contributed by atoms with Gasteiger partial charge < -0.3 is 16.0 Å². The molecule has 1 fully saturated rings. The number of halogens is 2. The van der Waals surface area contributed by atoms with Crippen molar-refractivity contribution in [2.24, 2.45) is 5.92 Å². The van der Waals surface area contributed by atoms with Gasteiger partial charge in [-0.05, 0) is 54.3 Å². The highest BCUT2D eigenvalue weighted by Gasteiger charge is 2.25. The van der Waals surface area contributed by atoms with Crippen LogP contribution >= 0.6 is 0 Å². The van der Waals surface area contributed by atoms with Gasteiger partial charge in [0.1, 0.15) is 17.7 Å². The van der Waals surface area contributed by atoms with Crippen LogP contribution in [-0.4, -0.2) is 30.9 Å². The predicted octanol–water partition coefficient (Wildman–Crippen LogP) is 4.19. The van der Waals surface area contributed by atoms with Gasteiger partial charge in [-0.25, -0.2) is 8.78 Å². The van der Waals surface area contributed by atoms with Crippen LogP contribution in [0.25, 0.3) is 0 Å². The molecular formula is C25H31F2N3O2. The van der Waals surface area contributed by atoms with E-state index in [1.165, 1.54) is 30.7 Å². The standard InChI is InChI=1S/C25H31F2N3O2/c26-20-9-11-22(12-10-20)28-13-14-29-25(32)23(16-18-5-2-1-3-6-18)30-24(31)17-19-7-4-8-21(27)15-19/h4,7-12,15,18,23,28H,1-3,5-6,13-14,16-17H2,(H,29,32)(H,30,31). The van der Waals surface area contributed by atoms with E-state index in [2.05, 4.69) is 16.0 Å². The highest BCUT2D eigenvalue weighted by molar-refractivity contribution is 5.88. The second-order valence-electron chi connectivity index (χ2n) is 8.39. The van der Waals surface area contributed by atoms with E-state index in [-0.39, 0.29) is 29.9 Å². The van der Waals surface area contributed by atoms with Crippen molar-refractivity contribution in [2.45, 2.75) is 51.0 Å². The summed E-state index contributed by atoms with van der Waals surface area (Å²) in [7, 11) is 0. The van der Waals surface area contributed by atoms with Crippen LogP contribution in [0.5, 0.6) is 0 Å². The Bertz CT molecular complexity index is 883. The molecule has 2 aromatic rings. The Hall–Kier alpha value is -2.96. The molecule has 1 atom stereocenters. The fourth-order valence-electron chi connectivity index (χ4n) is 4.15. The van der Waals surface area contributed by atoms with Crippen LogP contribution in [0.3, 0.4) is 0 Å². The first kappa shape index (κ1) is 23.7. The smallest absolute Gasteiger partial charge is 0.242 e. The fraction of sp³-hybridized carbons (Fsp3) is 0.440. The zero-order valence-corrected chi connectivity index (χ0v) is 18.2. The third-order valence-electron chi connectivity index (χ3n) is 5.80. The molecule has 0 aromatic heterocycles. The predicted molar refractivity (Wildman–Crippen MR) is 121 cm³/mol. The first-order chi connectivity index (χ1) is 15.5. The summed E-state index contributed by atoms with van der Waals surface area (Å²) >= 11 is 0. The molecule has 1 unspecified atom stereocenters. The van der Waals surface area contributed by atoms with E-state index in [0.29, 0.717) is 31.0 Å². The Morgan fingerprint density at radius 3 is 2.41 bits per heavy atom. The Kier molecular flexibility index (Phi) is 9.01. The third kappa shape index (κ3) is 7.94. The molecule has 0 bridgehead atoms. The lowest BCUT2D eigenvalue weighted by atomic mass is 9.84. The second-order valence-corrected chi connectivity index (χ2v) is 8.39. The molecule has 2 amide bonds. The first-order valence-electron chi connectivity index (χ1n) is 11.3. The van der Waals surface area contributed by atoms with Crippen LogP contribution in [0.2, 0.25) is 0 Å². The minimum atomic E-state index is -0.620. The van der Waals surface area contributed by atoms with E-state index < -0.39 is 6.04 Å².